The van der Waals surface area contributed by atoms with E-state index in [-0.39, 0.29) is 0 Å². The van der Waals surface area contributed by atoms with Crippen molar-refractivity contribution in [1.82, 2.24) is 9.80 Å². The van der Waals surface area contributed by atoms with E-state index in [1.807, 2.05) is 4.90 Å². The Bertz CT molecular complexity index is 264. The molecule has 0 saturated carbocycles. The number of rotatable bonds is 6. The zero-order valence-corrected chi connectivity index (χ0v) is 10.8. The second kappa shape index (κ2) is 8.08. The van der Waals surface area contributed by atoms with Crippen LogP contribution in [-0.2, 0) is 4.79 Å². The average molecular weight is 237 g/mol. The molecule has 0 atom stereocenters. The summed E-state index contributed by atoms with van der Waals surface area (Å²) in [5.74, 6) is 0.304. The van der Waals surface area contributed by atoms with Gasteiger partial charge in [0.1, 0.15) is 0 Å². The van der Waals surface area contributed by atoms with Gasteiger partial charge in [-0.15, -0.1) is 0 Å². The van der Waals surface area contributed by atoms with Crippen LogP contribution in [-0.4, -0.2) is 48.4 Å². The van der Waals surface area contributed by atoms with Crippen molar-refractivity contribution < 1.29 is 4.79 Å². The summed E-state index contributed by atoms with van der Waals surface area (Å²) in [6.07, 6.45) is 4.61. The van der Waals surface area contributed by atoms with Crippen LogP contribution in [0.15, 0.2) is 0 Å². The van der Waals surface area contributed by atoms with Crippen LogP contribution < -0.4 is 0 Å². The molecule has 1 rings (SSSR count). The number of carbonyl (C=O) groups excluding carboxylic acids is 1. The number of hydrogen-bond acceptors (Lipinski definition) is 3. The molecule has 0 spiro atoms. The van der Waals surface area contributed by atoms with Crippen molar-refractivity contribution in [3.05, 3.63) is 0 Å². The van der Waals surface area contributed by atoms with E-state index in [4.69, 9.17) is 5.26 Å². The highest BCUT2D eigenvalue weighted by Gasteiger charge is 2.19. The van der Waals surface area contributed by atoms with E-state index in [0.29, 0.717) is 18.7 Å². The zero-order chi connectivity index (χ0) is 12.5. The van der Waals surface area contributed by atoms with E-state index in [9.17, 15) is 4.79 Å². The first kappa shape index (κ1) is 14.0. The Morgan fingerprint density at radius 1 is 1.24 bits per heavy atom. The summed E-state index contributed by atoms with van der Waals surface area (Å²) in [5.41, 5.74) is 0. The molecular weight excluding hydrogens is 214 g/mol. The van der Waals surface area contributed by atoms with Crippen LogP contribution in [0.2, 0.25) is 0 Å². The number of amides is 1. The molecule has 0 aromatic rings. The third kappa shape index (κ3) is 5.18. The molecule has 0 aromatic heterocycles. The van der Waals surface area contributed by atoms with Gasteiger partial charge >= 0.3 is 0 Å². The summed E-state index contributed by atoms with van der Waals surface area (Å²) in [6, 6.07) is 2.16. The van der Waals surface area contributed by atoms with Gasteiger partial charge in [-0.25, -0.2) is 0 Å². The van der Waals surface area contributed by atoms with Gasteiger partial charge in [0.15, 0.2) is 0 Å². The van der Waals surface area contributed by atoms with E-state index in [1.165, 1.54) is 0 Å². The molecule has 0 aliphatic carbocycles. The molecule has 4 heteroatoms. The summed E-state index contributed by atoms with van der Waals surface area (Å²) in [6.45, 7) is 6.49. The van der Waals surface area contributed by atoms with E-state index < -0.39 is 0 Å². The number of nitrogens with zero attached hydrogens (tertiary/aromatic N) is 3. The molecule has 1 amide bonds. The molecule has 0 N–H and O–H groups in total. The third-order valence-electron chi connectivity index (χ3n) is 3.26. The van der Waals surface area contributed by atoms with Crippen molar-refractivity contribution in [2.45, 2.75) is 39.0 Å². The second-order valence-electron chi connectivity index (χ2n) is 4.59. The van der Waals surface area contributed by atoms with Gasteiger partial charge in [0.25, 0.3) is 0 Å². The van der Waals surface area contributed by atoms with Gasteiger partial charge in [-0.3, -0.25) is 9.69 Å². The van der Waals surface area contributed by atoms with Crippen molar-refractivity contribution in [2.75, 3.05) is 32.7 Å². The fourth-order valence-corrected chi connectivity index (χ4v) is 2.11. The van der Waals surface area contributed by atoms with E-state index in [0.717, 1.165) is 52.0 Å². The van der Waals surface area contributed by atoms with Crippen LogP contribution in [0.4, 0.5) is 0 Å². The number of carbonyl (C=O) groups is 1. The Kier molecular flexibility index (Phi) is 6.64. The number of unbranched alkanes of at least 4 members (excludes halogenated alkanes) is 2. The first-order valence-corrected chi connectivity index (χ1v) is 6.65. The highest BCUT2D eigenvalue weighted by molar-refractivity contribution is 5.76. The first-order valence-electron chi connectivity index (χ1n) is 6.65. The van der Waals surface area contributed by atoms with Gasteiger partial charge in [0, 0.05) is 45.6 Å². The molecule has 1 heterocycles. The fourth-order valence-electron chi connectivity index (χ4n) is 2.11. The van der Waals surface area contributed by atoms with Crippen molar-refractivity contribution in [2.24, 2.45) is 0 Å². The highest BCUT2D eigenvalue weighted by atomic mass is 16.2. The predicted molar refractivity (Wildman–Crippen MR) is 67.4 cm³/mol. The molecule has 0 radical (unpaired) electrons. The minimum atomic E-state index is 0.304. The van der Waals surface area contributed by atoms with Gasteiger partial charge in [0.2, 0.25) is 5.91 Å². The maximum atomic E-state index is 11.8. The molecule has 0 aromatic carbocycles. The lowest BCUT2D eigenvalue weighted by Gasteiger charge is -2.34. The van der Waals surface area contributed by atoms with Crippen molar-refractivity contribution in [3.8, 4) is 6.07 Å². The van der Waals surface area contributed by atoms with Gasteiger partial charge in [-0.1, -0.05) is 19.8 Å². The smallest absolute Gasteiger partial charge is 0.222 e. The lowest BCUT2D eigenvalue weighted by atomic mass is 10.2. The third-order valence-corrected chi connectivity index (χ3v) is 3.26. The minimum Gasteiger partial charge on any atom is -0.340 e. The molecule has 0 bridgehead atoms. The van der Waals surface area contributed by atoms with Crippen molar-refractivity contribution >= 4 is 5.91 Å². The number of nitriles is 1. The Balaban J connectivity index is 2.17. The SMILES string of the molecule is CCCCCC(=O)N1CCN(CCC#N)CC1. The molecular formula is C13H23N3O. The molecule has 4 nitrogen and oxygen atoms in total. The van der Waals surface area contributed by atoms with Crippen molar-refractivity contribution in [1.29, 1.82) is 5.26 Å². The maximum Gasteiger partial charge on any atom is 0.222 e. The van der Waals surface area contributed by atoms with Gasteiger partial charge in [0.05, 0.1) is 6.07 Å². The summed E-state index contributed by atoms with van der Waals surface area (Å²) < 4.78 is 0. The predicted octanol–water partition coefficient (Wildman–Crippen LogP) is 1.62. The summed E-state index contributed by atoms with van der Waals surface area (Å²) in [5, 5.41) is 8.52. The van der Waals surface area contributed by atoms with Crippen LogP contribution in [0.3, 0.4) is 0 Å². The number of hydrogen-bond donors (Lipinski definition) is 0. The summed E-state index contributed by atoms with van der Waals surface area (Å²) in [7, 11) is 0. The molecule has 1 fully saturated rings. The first-order chi connectivity index (χ1) is 8.27. The molecule has 1 aliphatic heterocycles. The monoisotopic (exact) mass is 237 g/mol. The quantitative estimate of drug-likeness (QED) is 0.660. The highest BCUT2D eigenvalue weighted by Crippen LogP contribution is 2.07. The Hall–Kier alpha value is -1.08. The van der Waals surface area contributed by atoms with Crippen LogP contribution in [0.5, 0.6) is 0 Å². The molecule has 0 unspecified atom stereocenters. The minimum absolute atomic E-state index is 0.304. The van der Waals surface area contributed by atoms with Crippen molar-refractivity contribution in [3.63, 3.8) is 0 Å². The average Bonchev–Trinajstić information content (AvgIpc) is 2.37. The molecule has 96 valence electrons. The summed E-state index contributed by atoms with van der Waals surface area (Å²) in [4.78, 5) is 16.1. The van der Waals surface area contributed by atoms with E-state index in [1.54, 1.807) is 0 Å². The Labute approximate surface area is 104 Å². The van der Waals surface area contributed by atoms with E-state index in [2.05, 4.69) is 17.9 Å². The molecule has 1 saturated heterocycles. The van der Waals surface area contributed by atoms with Crippen LogP contribution in [0.25, 0.3) is 0 Å². The van der Waals surface area contributed by atoms with Gasteiger partial charge < -0.3 is 4.90 Å². The topological polar surface area (TPSA) is 47.3 Å². The maximum absolute atomic E-state index is 11.8. The largest absolute Gasteiger partial charge is 0.340 e. The second-order valence-corrected chi connectivity index (χ2v) is 4.59. The molecule has 17 heavy (non-hydrogen) atoms. The van der Waals surface area contributed by atoms with E-state index >= 15 is 0 Å². The lowest BCUT2D eigenvalue weighted by molar-refractivity contribution is -0.133. The Morgan fingerprint density at radius 2 is 1.94 bits per heavy atom. The fraction of sp³-hybridized carbons (Fsp3) is 0.846. The summed E-state index contributed by atoms with van der Waals surface area (Å²) >= 11 is 0. The van der Waals surface area contributed by atoms with Crippen LogP contribution in [0.1, 0.15) is 39.0 Å². The van der Waals surface area contributed by atoms with Crippen LogP contribution in [0, 0.1) is 11.3 Å². The normalized spacial score (nSPS) is 16.8. The lowest BCUT2D eigenvalue weighted by Crippen LogP contribution is -2.48. The van der Waals surface area contributed by atoms with Gasteiger partial charge in [-0.2, -0.15) is 5.26 Å². The number of piperazine rings is 1. The zero-order valence-electron chi connectivity index (χ0n) is 10.8. The Morgan fingerprint density at radius 3 is 2.53 bits per heavy atom. The van der Waals surface area contributed by atoms with Gasteiger partial charge in [-0.05, 0) is 6.42 Å². The van der Waals surface area contributed by atoms with Crippen LogP contribution >= 0.6 is 0 Å². The molecule has 1 aliphatic rings. The standard InChI is InChI=1S/C13H23N3O/c1-2-3-4-6-13(17)16-11-9-15(10-12-16)8-5-7-14/h2-6,8-12H2,1H3.